The SMILES string of the molecule is Cc1nnc(NC(=O)CN2C(=O)C3C4C=CC(CC4)C3C2=O)s1. The van der Waals surface area contributed by atoms with Crippen LogP contribution in [0.5, 0.6) is 0 Å². The van der Waals surface area contributed by atoms with Gasteiger partial charge in [0.15, 0.2) is 0 Å². The van der Waals surface area contributed by atoms with Crippen LogP contribution in [0.15, 0.2) is 12.2 Å². The van der Waals surface area contributed by atoms with Crippen molar-refractivity contribution in [1.82, 2.24) is 15.1 Å². The number of imide groups is 1. The van der Waals surface area contributed by atoms with Gasteiger partial charge in [0.1, 0.15) is 11.6 Å². The fraction of sp³-hybridized carbons (Fsp3) is 0.533. The van der Waals surface area contributed by atoms with E-state index in [0.29, 0.717) is 5.13 Å². The van der Waals surface area contributed by atoms with E-state index in [9.17, 15) is 14.4 Å². The lowest BCUT2D eigenvalue weighted by atomic mass is 9.63. The minimum atomic E-state index is -0.415. The zero-order valence-electron chi connectivity index (χ0n) is 12.6. The smallest absolute Gasteiger partial charge is 0.246 e. The summed E-state index contributed by atoms with van der Waals surface area (Å²) in [5.41, 5.74) is 0. The number of nitrogens with one attached hydrogen (secondary N) is 1. The Kier molecular flexibility index (Phi) is 3.29. The molecule has 5 rings (SSSR count). The van der Waals surface area contributed by atoms with E-state index in [1.165, 1.54) is 11.3 Å². The molecule has 2 bridgehead atoms. The van der Waals surface area contributed by atoms with E-state index in [1.807, 2.05) is 0 Å². The number of allylic oxidation sites excluding steroid dienone is 2. The number of hydrogen-bond donors (Lipinski definition) is 1. The van der Waals surface area contributed by atoms with Gasteiger partial charge in [0.25, 0.3) is 0 Å². The Morgan fingerprint density at radius 3 is 2.30 bits per heavy atom. The van der Waals surface area contributed by atoms with E-state index < -0.39 is 5.91 Å². The summed E-state index contributed by atoms with van der Waals surface area (Å²) in [7, 11) is 0. The molecule has 3 aliphatic carbocycles. The topological polar surface area (TPSA) is 92.3 Å². The Morgan fingerprint density at radius 1 is 1.22 bits per heavy atom. The molecule has 4 aliphatic rings. The first-order chi connectivity index (χ1) is 11.0. The predicted molar refractivity (Wildman–Crippen MR) is 82.3 cm³/mol. The number of amides is 3. The Hall–Kier alpha value is -2.09. The maximum absolute atomic E-state index is 12.6. The molecule has 120 valence electrons. The largest absolute Gasteiger partial charge is 0.299 e. The standard InChI is InChI=1S/C15H16N4O3S/c1-7-17-18-15(23-7)16-10(20)6-19-13(21)11-8-2-3-9(5-4-8)12(11)14(19)22/h2-3,8-9,11-12H,4-6H2,1H3,(H,16,18,20). The molecule has 0 aromatic carbocycles. The normalized spacial score (nSPS) is 31.6. The third-order valence-corrected chi connectivity index (χ3v) is 5.68. The van der Waals surface area contributed by atoms with Gasteiger partial charge in [-0.05, 0) is 31.6 Å². The molecule has 1 N–H and O–H groups in total. The first-order valence-electron chi connectivity index (χ1n) is 7.68. The number of hydrogen-bond acceptors (Lipinski definition) is 6. The molecule has 1 aromatic rings. The Morgan fingerprint density at radius 2 is 1.83 bits per heavy atom. The Bertz CT molecular complexity index is 696. The number of carbonyl (C=O) groups is 3. The van der Waals surface area contributed by atoms with E-state index >= 15 is 0 Å². The highest BCUT2D eigenvalue weighted by Gasteiger charge is 2.56. The van der Waals surface area contributed by atoms with E-state index in [0.717, 1.165) is 22.7 Å². The number of anilines is 1. The van der Waals surface area contributed by atoms with Gasteiger partial charge < -0.3 is 0 Å². The summed E-state index contributed by atoms with van der Waals surface area (Å²) in [5, 5.41) is 11.3. The van der Waals surface area contributed by atoms with Crippen LogP contribution in [0.3, 0.4) is 0 Å². The van der Waals surface area contributed by atoms with Gasteiger partial charge in [-0.2, -0.15) is 0 Å². The van der Waals surface area contributed by atoms with Crippen LogP contribution >= 0.6 is 11.3 Å². The fourth-order valence-corrected chi connectivity index (χ4v) is 4.55. The van der Waals surface area contributed by atoms with Gasteiger partial charge in [-0.3, -0.25) is 24.6 Å². The minimum absolute atomic E-state index is 0.139. The van der Waals surface area contributed by atoms with Crippen LogP contribution in [0.4, 0.5) is 5.13 Å². The number of aromatic nitrogens is 2. The van der Waals surface area contributed by atoms with Crippen molar-refractivity contribution in [3.8, 4) is 0 Å². The second-order valence-electron chi connectivity index (χ2n) is 6.28. The average molecular weight is 332 g/mol. The zero-order valence-corrected chi connectivity index (χ0v) is 13.4. The first kappa shape index (κ1) is 14.5. The lowest BCUT2D eigenvalue weighted by Gasteiger charge is -2.38. The fourth-order valence-electron chi connectivity index (χ4n) is 3.94. The molecule has 23 heavy (non-hydrogen) atoms. The zero-order chi connectivity index (χ0) is 16.1. The van der Waals surface area contributed by atoms with E-state index in [1.54, 1.807) is 6.92 Å². The van der Waals surface area contributed by atoms with Crippen LogP contribution in [0, 0.1) is 30.6 Å². The van der Waals surface area contributed by atoms with Crippen molar-refractivity contribution in [2.75, 3.05) is 11.9 Å². The molecule has 1 saturated carbocycles. The molecule has 0 radical (unpaired) electrons. The summed E-state index contributed by atoms with van der Waals surface area (Å²) in [6.45, 7) is 1.54. The molecule has 0 spiro atoms. The summed E-state index contributed by atoms with van der Waals surface area (Å²) >= 11 is 1.25. The molecule has 2 fully saturated rings. The number of likely N-dealkylation sites (tertiary alicyclic amines) is 1. The molecule has 4 atom stereocenters. The molecule has 7 nitrogen and oxygen atoms in total. The highest BCUT2D eigenvalue weighted by molar-refractivity contribution is 7.15. The van der Waals surface area contributed by atoms with Gasteiger partial charge in [0, 0.05) is 0 Å². The lowest BCUT2D eigenvalue weighted by Crippen LogP contribution is -2.38. The molecule has 4 unspecified atom stereocenters. The summed E-state index contributed by atoms with van der Waals surface area (Å²) in [4.78, 5) is 38.4. The summed E-state index contributed by atoms with van der Waals surface area (Å²) < 4.78 is 0. The maximum Gasteiger partial charge on any atom is 0.246 e. The van der Waals surface area contributed by atoms with Crippen LogP contribution < -0.4 is 5.32 Å². The van der Waals surface area contributed by atoms with Gasteiger partial charge in [-0.25, -0.2) is 0 Å². The third kappa shape index (κ3) is 2.28. The first-order valence-corrected chi connectivity index (χ1v) is 8.50. The second-order valence-corrected chi connectivity index (χ2v) is 7.46. The number of carbonyl (C=O) groups excluding carboxylic acids is 3. The Balaban J connectivity index is 1.48. The van der Waals surface area contributed by atoms with Crippen molar-refractivity contribution in [2.24, 2.45) is 23.7 Å². The molecule has 1 aromatic heterocycles. The maximum atomic E-state index is 12.6. The molecule has 1 saturated heterocycles. The minimum Gasteiger partial charge on any atom is -0.299 e. The molecule has 8 heteroatoms. The van der Waals surface area contributed by atoms with Crippen molar-refractivity contribution < 1.29 is 14.4 Å². The Labute approximate surface area is 136 Å². The number of aryl methyl sites for hydroxylation is 1. The highest BCUT2D eigenvalue weighted by Crippen LogP contribution is 2.49. The van der Waals surface area contributed by atoms with Crippen LogP contribution in [0.25, 0.3) is 0 Å². The van der Waals surface area contributed by atoms with Gasteiger partial charge >= 0.3 is 0 Å². The predicted octanol–water partition coefficient (Wildman–Crippen LogP) is 0.982. The van der Waals surface area contributed by atoms with Crippen LogP contribution in [-0.2, 0) is 14.4 Å². The lowest BCUT2D eigenvalue weighted by molar-refractivity contribution is -0.142. The van der Waals surface area contributed by atoms with Crippen LogP contribution in [0.2, 0.25) is 0 Å². The van der Waals surface area contributed by atoms with E-state index in [-0.39, 0.29) is 42.0 Å². The van der Waals surface area contributed by atoms with Crippen molar-refractivity contribution in [3.63, 3.8) is 0 Å². The second kappa shape index (κ2) is 5.23. The molecule has 1 aliphatic heterocycles. The van der Waals surface area contributed by atoms with Gasteiger partial charge in [0.2, 0.25) is 22.9 Å². The number of rotatable bonds is 3. The quantitative estimate of drug-likeness (QED) is 0.658. The van der Waals surface area contributed by atoms with Gasteiger partial charge in [-0.1, -0.05) is 23.5 Å². The third-order valence-electron chi connectivity index (χ3n) is 4.92. The average Bonchev–Trinajstić information content (AvgIpc) is 3.06. The summed E-state index contributed by atoms with van der Waals surface area (Å²) in [5.74, 6) is -1.10. The van der Waals surface area contributed by atoms with Crippen molar-refractivity contribution in [1.29, 1.82) is 0 Å². The van der Waals surface area contributed by atoms with Crippen LogP contribution in [0.1, 0.15) is 17.8 Å². The van der Waals surface area contributed by atoms with E-state index in [4.69, 9.17) is 0 Å². The van der Waals surface area contributed by atoms with Crippen LogP contribution in [-0.4, -0.2) is 39.4 Å². The van der Waals surface area contributed by atoms with Gasteiger partial charge in [0.05, 0.1) is 11.8 Å². The number of fused-ring (bicyclic) bond motifs is 1. The highest BCUT2D eigenvalue weighted by atomic mass is 32.1. The van der Waals surface area contributed by atoms with E-state index in [2.05, 4.69) is 27.7 Å². The summed E-state index contributed by atoms with van der Waals surface area (Å²) in [6, 6.07) is 0. The monoisotopic (exact) mass is 332 g/mol. The van der Waals surface area contributed by atoms with Gasteiger partial charge in [-0.15, -0.1) is 10.2 Å². The van der Waals surface area contributed by atoms with Crippen molar-refractivity contribution >= 4 is 34.2 Å². The summed E-state index contributed by atoms with van der Waals surface area (Å²) in [6.07, 6.45) is 6.03. The molecular weight excluding hydrogens is 316 g/mol. The molecular formula is C15H16N4O3S. The molecule has 2 heterocycles. The van der Waals surface area contributed by atoms with Crippen molar-refractivity contribution in [3.05, 3.63) is 17.2 Å². The number of nitrogens with zero attached hydrogens (tertiary/aromatic N) is 3. The molecule has 3 amide bonds. The van der Waals surface area contributed by atoms with Crippen molar-refractivity contribution in [2.45, 2.75) is 19.8 Å².